The molecule has 0 saturated carbocycles. The van der Waals surface area contributed by atoms with E-state index in [-0.39, 0.29) is 41.4 Å². The first-order valence-corrected chi connectivity index (χ1v) is 8.43. The van der Waals surface area contributed by atoms with E-state index >= 15 is 0 Å². The van der Waals surface area contributed by atoms with Gasteiger partial charge in [-0.15, -0.1) is 4.73 Å². The number of nitrogens with two attached hydrogens (primary N) is 1. The second-order valence-electron chi connectivity index (χ2n) is 5.75. The fourth-order valence-corrected chi connectivity index (χ4v) is 3.01. The molecule has 1 fully saturated rings. The summed E-state index contributed by atoms with van der Waals surface area (Å²) in [5, 5.41) is 2.66. The van der Waals surface area contributed by atoms with Gasteiger partial charge < -0.3 is 25.4 Å². The highest BCUT2D eigenvalue weighted by Crippen LogP contribution is 2.29. The molecule has 1 atom stereocenters. The SMILES string of the molecule is CCOn1c(C(N)=O)nc2ccc(C(=O)NC)c(C3COCCO3)c2c1=O. The monoisotopic (exact) mass is 376 g/mol. The van der Waals surface area contributed by atoms with E-state index in [1.54, 1.807) is 6.92 Å². The lowest BCUT2D eigenvalue weighted by atomic mass is 9.96. The molecule has 0 radical (unpaired) electrons. The summed E-state index contributed by atoms with van der Waals surface area (Å²) in [6.45, 7) is 2.68. The summed E-state index contributed by atoms with van der Waals surface area (Å²) in [6, 6.07) is 3.01. The third-order valence-electron chi connectivity index (χ3n) is 4.13. The lowest BCUT2D eigenvalue weighted by molar-refractivity contribution is -0.0897. The van der Waals surface area contributed by atoms with Gasteiger partial charge in [0.1, 0.15) is 12.7 Å². The van der Waals surface area contributed by atoms with Crippen LogP contribution in [0.5, 0.6) is 0 Å². The van der Waals surface area contributed by atoms with Gasteiger partial charge in [-0.05, 0) is 19.1 Å². The summed E-state index contributed by atoms with van der Waals surface area (Å²) in [5.74, 6) is -1.62. The van der Waals surface area contributed by atoms with Gasteiger partial charge >= 0.3 is 0 Å². The summed E-state index contributed by atoms with van der Waals surface area (Å²) >= 11 is 0. The number of fused-ring (bicyclic) bond motifs is 1. The number of hydrogen-bond acceptors (Lipinski definition) is 7. The third-order valence-corrected chi connectivity index (χ3v) is 4.13. The van der Waals surface area contributed by atoms with Crippen LogP contribution in [0.3, 0.4) is 0 Å². The van der Waals surface area contributed by atoms with Crippen LogP contribution < -0.4 is 21.4 Å². The first-order chi connectivity index (χ1) is 13.0. The van der Waals surface area contributed by atoms with Crippen molar-refractivity contribution in [2.45, 2.75) is 13.0 Å². The van der Waals surface area contributed by atoms with Gasteiger partial charge in [-0.3, -0.25) is 14.4 Å². The maximum atomic E-state index is 13.1. The van der Waals surface area contributed by atoms with Crippen LogP contribution in [0.4, 0.5) is 0 Å². The highest BCUT2D eigenvalue weighted by Gasteiger charge is 2.28. The number of rotatable bonds is 5. The summed E-state index contributed by atoms with van der Waals surface area (Å²) < 4.78 is 11.9. The number of ether oxygens (including phenoxy) is 2. The Morgan fingerprint density at radius 1 is 1.41 bits per heavy atom. The van der Waals surface area contributed by atoms with E-state index in [1.165, 1.54) is 19.2 Å². The van der Waals surface area contributed by atoms with E-state index in [1.807, 2.05) is 0 Å². The first-order valence-electron chi connectivity index (χ1n) is 8.43. The standard InChI is InChI=1S/C17H20N4O6/c1-3-27-21-15(14(18)22)20-10-5-4-9(16(23)19-2)12(13(10)17(21)24)11-8-25-6-7-26-11/h4-5,11H,3,6-8H2,1-2H3,(H2,18,22)(H,19,23). The van der Waals surface area contributed by atoms with E-state index in [4.69, 9.17) is 20.0 Å². The van der Waals surface area contributed by atoms with Gasteiger partial charge in [0.05, 0.1) is 30.7 Å². The van der Waals surface area contributed by atoms with Crippen LogP contribution in [0.15, 0.2) is 16.9 Å². The van der Waals surface area contributed by atoms with Crippen molar-refractivity contribution in [1.82, 2.24) is 15.0 Å². The van der Waals surface area contributed by atoms with Crippen molar-refractivity contribution < 1.29 is 23.9 Å². The largest absolute Gasteiger partial charge is 0.409 e. The van der Waals surface area contributed by atoms with Crippen LogP contribution in [-0.4, -0.2) is 55.0 Å². The maximum Gasteiger partial charge on any atom is 0.295 e. The van der Waals surface area contributed by atoms with E-state index in [0.717, 1.165) is 4.73 Å². The minimum absolute atomic E-state index is 0.112. The molecular formula is C17H20N4O6. The molecule has 1 aromatic heterocycles. The van der Waals surface area contributed by atoms with Crippen molar-refractivity contribution >= 4 is 22.7 Å². The van der Waals surface area contributed by atoms with E-state index < -0.39 is 17.6 Å². The predicted molar refractivity (Wildman–Crippen MR) is 94.5 cm³/mol. The topological polar surface area (TPSA) is 135 Å². The number of nitrogens with zero attached hydrogens (tertiary/aromatic N) is 2. The van der Waals surface area contributed by atoms with Crippen LogP contribution in [0, 0.1) is 0 Å². The van der Waals surface area contributed by atoms with E-state index in [2.05, 4.69) is 10.3 Å². The molecule has 3 rings (SSSR count). The summed E-state index contributed by atoms with van der Waals surface area (Å²) in [5.41, 5.74) is 5.50. The molecule has 10 nitrogen and oxygen atoms in total. The van der Waals surface area contributed by atoms with Gasteiger partial charge in [0.15, 0.2) is 0 Å². The molecule has 27 heavy (non-hydrogen) atoms. The van der Waals surface area contributed by atoms with Gasteiger partial charge in [0.25, 0.3) is 17.4 Å². The third kappa shape index (κ3) is 3.36. The minimum atomic E-state index is -0.906. The van der Waals surface area contributed by atoms with Crippen LogP contribution in [0.25, 0.3) is 10.9 Å². The van der Waals surface area contributed by atoms with Crippen molar-refractivity contribution in [3.05, 3.63) is 39.4 Å². The highest BCUT2D eigenvalue weighted by atomic mass is 16.7. The number of benzene rings is 1. The predicted octanol–water partition coefficient (Wildman–Crippen LogP) is -0.609. The zero-order valence-corrected chi connectivity index (χ0v) is 15.0. The molecule has 1 unspecified atom stereocenters. The second kappa shape index (κ2) is 7.72. The number of carbonyl (C=O) groups is 2. The smallest absolute Gasteiger partial charge is 0.295 e. The second-order valence-corrected chi connectivity index (χ2v) is 5.75. The summed E-state index contributed by atoms with van der Waals surface area (Å²) in [4.78, 5) is 46.7. The van der Waals surface area contributed by atoms with Gasteiger partial charge in [-0.1, -0.05) is 0 Å². The molecule has 2 heterocycles. The number of aromatic nitrogens is 2. The van der Waals surface area contributed by atoms with Gasteiger partial charge in [-0.25, -0.2) is 4.98 Å². The Morgan fingerprint density at radius 3 is 2.78 bits per heavy atom. The lowest BCUT2D eigenvalue weighted by Crippen LogP contribution is -2.37. The van der Waals surface area contributed by atoms with Crippen molar-refractivity contribution in [3.63, 3.8) is 0 Å². The number of primary amides is 1. The van der Waals surface area contributed by atoms with Gasteiger partial charge in [0.2, 0.25) is 5.82 Å². The lowest BCUT2D eigenvalue weighted by Gasteiger charge is -2.26. The van der Waals surface area contributed by atoms with Crippen LogP contribution >= 0.6 is 0 Å². The molecule has 1 aromatic carbocycles. The van der Waals surface area contributed by atoms with Gasteiger partial charge in [0, 0.05) is 18.2 Å². The Bertz CT molecular complexity index is 949. The van der Waals surface area contributed by atoms with Crippen LogP contribution in [0.1, 0.15) is 39.6 Å². The number of carbonyl (C=O) groups excluding carboxylic acids is 2. The van der Waals surface area contributed by atoms with Crippen LogP contribution in [0.2, 0.25) is 0 Å². The molecule has 10 heteroatoms. The highest BCUT2D eigenvalue weighted by molar-refractivity contribution is 6.01. The van der Waals surface area contributed by atoms with Crippen molar-refractivity contribution in [2.75, 3.05) is 33.5 Å². The fraction of sp³-hybridized carbons (Fsp3) is 0.412. The van der Waals surface area contributed by atoms with E-state index in [9.17, 15) is 14.4 Å². The van der Waals surface area contributed by atoms with Crippen molar-refractivity contribution in [2.24, 2.45) is 5.73 Å². The molecule has 2 aromatic rings. The molecule has 0 aliphatic carbocycles. The molecule has 0 spiro atoms. The summed E-state index contributed by atoms with van der Waals surface area (Å²) in [7, 11) is 1.49. The average molecular weight is 376 g/mol. The molecule has 0 bridgehead atoms. The molecule has 1 aliphatic rings. The molecular weight excluding hydrogens is 356 g/mol. The number of amides is 2. The van der Waals surface area contributed by atoms with E-state index in [0.29, 0.717) is 18.8 Å². The quantitative estimate of drug-likeness (QED) is 0.711. The molecule has 1 aliphatic heterocycles. The molecule has 144 valence electrons. The summed E-state index contributed by atoms with van der Waals surface area (Å²) in [6.07, 6.45) is -0.640. The minimum Gasteiger partial charge on any atom is -0.409 e. The maximum absolute atomic E-state index is 13.1. The molecule has 1 saturated heterocycles. The van der Waals surface area contributed by atoms with Crippen molar-refractivity contribution in [1.29, 1.82) is 0 Å². The zero-order chi connectivity index (χ0) is 19.6. The van der Waals surface area contributed by atoms with Crippen LogP contribution in [-0.2, 0) is 9.47 Å². The Kier molecular flexibility index (Phi) is 5.38. The molecule has 3 N–H and O–H groups in total. The van der Waals surface area contributed by atoms with Gasteiger partial charge in [-0.2, -0.15) is 0 Å². The average Bonchev–Trinajstić information content (AvgIpc) is 2.69. The fourth-order valence-electron chi connectivity index (χ4n) is 3.01. The zero-order valence-electron chi connectivity index (χ0n) is 15.0. The Balaban J connectivity index is 2.38. The first kappa shape index (κ1) is 18.8. The molecule has 2 amide bonds. The Labute approximate surface area is 154 Å². The van der Waals surface area contributed by atoms with Crippen molar-refractivity contribution in [3.8, 4) is 0 Å². The number of nitrogens with one attached hydrogen (secondary N) is 1. The Morgan fingerprint density at radius 2 is 2.19 bits per heavy atom. The number of hydrogen-bond donors (Lipinski definition) is 2. The normalized spacial score (nSPS) is 16.9. The Hall–Kier alpha value is -2.98.